The van der Waals surface area contributed by atoms with Crippen molar-refractivity contribution >= 4 is 45.3 Å². The number of ether oxygens (including phenoxy) is 1. The van der Waals surface area contributed by atoms with Gasteiger partial charge in [-0.2, -0.15) is 0 Å². The summed E-state index contributed by atoms with van der Waals surface area (Å²) in [6.45, 7) is 0. The molecule has 164 valence electrons. The van der Waals surface area contributed by atoms with Crippen LogP contribution in [0.3, 0.4) is 0 Å². The van der Waals surface area contributed by atoms with Crippen molar-refractivity contribution in [2.24, 2.45) is 0 Å². The molecule has 0 atom stereocenters. The predicted octanol–water partition coefficient (Wildman–Crippen LogP) is 8.61. The Kier molecular flexibility index (Phi) is 4.20. The van der Waals surface area contributed by atoms with Gasteiger partial charge in [0.1, 0.15) is 0 Å². The van der Waals surface area contributed by atoms with Crippen LogP contribution in [0.4, 0.5) is 22.7 Å². The van der Waals surface area contributed by atoms with Gasteiger partial charge < -0.3 is 14.5 Å². The van der Waals surface area contributed by atoms with E-state index < -0.39 is 0 Å². The normalized spacial score (nSPS) is 13.6. The van der Waals surface area contributed by atoms with Crippen molar-refractivity contribution in [3.05, 3.63) is 97.1 Å². The highest BCUT2D eigenvalue weighted by atomic mass is 32.2. The van der Waals surface area contributed by atoms with Crippen LogP contribution in [0.15, 0.2) is 107 Å². The van der Waals surface area contributed by atoms with Crippen LogP contribution in [0.25, 0.3) is 21.9 Å². The fourth-order valence-corrected chi connectivity index (χ4v) is 6.16. The monoisotopic (exact) mass is 458 g/mol. The summed E-state index contributed by atoms with van der Waals surface area (Å²) in [5, 5.41) is 2.40. The van der Waals surface area contributed by atoms with Crippen LogP contribution in [-0.2, 0) is 0 Å². The molecule has 0 N–H and O–H groups in total. The maximum atomic E-state index is 6.44. The molecule has 0 saturated heterocycles. The fraction of sp³-hybridized carbons (Fsp3) is 0.0667. The molecular weight excluding hydrogens is 436 g/mol. The number of anilines is 4. The van der Waals surface area contributed by atoms with Gasteiger partial charge >= 0.3 is 0 Å². The molecule has 2 aliphatic heterocycles. The molecule has 0 amide bonds. The van der Waals surface area contributed by atoms with Gasteiger partial charge in [-0.3, -0.25) is 0 Å². The zero-order chi connectivity index (χ0) is 22.8. The highest BCUT2D eigenvalue weighted by Gasteiger charge is 2.24. The highest BCUT2D eigenvalue weighted by Crippen LogP contribution is 2.50. The van der Waals surface area contributed by atoms with Crippen LogP contribution in [0.5, 0.6) is 11.5 Å². The summed E-state index contributed by atoms with van der Waals surface area (Å²) in [4.78, 5) is 7.05. The number of para-hydroxylation sites is 1. The van der Waals surface area contributed by atoms with E-state index in [0.717, 1.165) is 28.4 Å². The third-order valence-corrected chi connectivity index (χ3v) is 7.94. The van der Waals surface area contributed by atoms with Crippen molar-refractivity contribution in [3.63, 3.8) is 0 Å². The van der Waals surface area contributed by atoms with Crippen LogP contribution in [0.2, 0.25) is 0 Å². The molecule has 2 heterocycles. The predicted molar refractivity (Wildman–Crippen MR) is 143 cm³/mol. The largest absolute Gasteiger partial charge is 0.453 e. The molecule has 0 saturated carbocycles. The van der Waals surface area contributed by atoms with E-state index in [1.165, 1.54) is 37.5 Å². The Labute approximate surface area is 203 Å². The molecular formula is C30H22N2OS. The molecule has 5 aromatic carbocycles. The molecule has 7 rings (SSSR count). The van der Waals surface area contributed by atoms with Gasteiger partial charge in [0.25, 0.3) is 0 Å². The zero-order valence-corrected chi connectivity index (χ0v) is 19.8. The van der Waals surface area contributed by atoms with Crippen molar-refractivity contribution in [2.75, 3.05) is 23.9 Å². The van der Waals surface area contributed by atoms with Gasteiger partial charge in [0, 0.05) is 23.9 Å². The van der Waals surface area contributed by atoms with Crippen molar-refractivity contribution in [3.8, 4) is 22.6 Å². The second-order valence-electron chi connectivity index (χ2n) is 8.82. The van der Waals surface area contributed by atoms with Crippen LogP contribution in [0.1, 0.15) is 0 Å². The quantitative estimate of drug-likeness (QED) is 0.250. The average molecular weight is 459 g/mol. The third-order valence-electron chi connectivity index (χ3n) is 6.83. The van der Waals surface area contributed by atoms with Crippen molar-refractivity contribution in [2.45, 2.75) is 9.79 Å². The first kappa shape index (κ1) is 19.6. The molecule has 34 heavy (non-hydrogen) atoms. The van der Waals surface area contributed by atoms with E-state index in [2.05, 4.69) is 121 Å². The molecule has 0 aromatic heterocycles. The van der Waals surface area contributed by atoms with Gasteiger partial charge in [-0.05, 0) is 70.4 Å². The summed E-state index contributed by atoms with van der Waals surface area (Å²) in [7, 11) is 4.25. The fourth-order valence-electron chi connectivity index (χ4n) is 4.97. The van der Waals surface area contributed by atoms with Gasteiger partial charge in [-0.25, -0.2) is 0 Å². The maximum Gasteiger partial charge on any atom is 0.151 e. The third kappa shape index (κ3) is 2.92. The van der Waals surface area contributed by atoms with Crippen molar-refractivity contribution in [1.29, 1.82) is 0 Å². The number of hydrogen-bond donors (Lipinski definition) is 0. The summed E-state index contributed by atoms with van der Waals surface area (Å²) >= 11 is 1.83. The summed E-state index contributed by atoms with van der Waals surface area (Å²) < 4.78 is 6.44. The number of hydrogen-bond acceptors (Lipinski definition) is 4. The zero-order valence-electron chi connectivity index (χ0n) is 18.9. The average Bonchev–Trinajstić information content (AvgIpc) is 2.87. The molecule has 0 bridgehead atoms. The van der Waals surface area contributed by atoms with E-state index >= 15 is 0 Å². The Bertz CT molecular complexity index is 1610. The molecule has 5 aromatic rings. The topological polar surface area (TPSA) is 15.7 Å². The highest BCUT2D eigenvalue weighted by molar-refractivity contribution is 7.99. The van der Waals surface area contributed by atoms with Crippen LogP contribution in [-0.4, -0.2) is 14.1 Å². The molecule has 0 unspecified atom stereocenters. The van der Waals surface area contributed by atoms with Gasteiger partial charge in [-0.15, -0.1) is 0 Å². The van der Waals surface area contributed by atoms with E-state index in [0.29, 0.717) is 0 Å². The number of nitrogens with zero attached hydrogens (tertiary/aromatic N) is 2. The lowest BCUT2D eigenvalue weighted by Crippen LogP contribution is -2.15. The molecule has 0 spiro atoms. The van der Waals surface area contributed by atoms with Crippen LogP contribution < -0.4 is 14.5 Å². The lowest BCUT2D eigenvalue weighted by atomic mass is 10.0. The van der Waals surface area contributed by atoms with Gasteiger partial charge in [0.15, 0.2) is 11.5 Å². The van der Waals surface area contributed by atoms with Crippen molar-refractivity contribution < 1.29 is 4.74 Å². The Balaban J connectivity index is 1.28. The standard InChI is InChI=1S/C30H22N2OS/c1-31-23-13-11-21(17-27(23)33-28-16-20-8-4-3-7-19(20)15-26(28)31)22-12-14-25-30(18-22)34-29-10-6-5-9-24(29)32(25)2/h3-18H,1-2H3. The minimum Gasteiger partial charge on any atom is -0.453 e. The molecule has 4 heteroatoms. The summed E-state index contributed by atoms with van der Waals surface area (Å²) in [5.41, 5.74) is 7.00. The minimum atomic E-state index is 0.885. The Morgan fingerprint density at radius 1 is 0.529 bits per heavy atom. The minimum absolute atomic E-state index is 0.885. The lowest BCUT2D eigenvalue weighted by Gasteiger charge is -2.31. The maximum absolute atomic E-state index is 6.44. The molecule has 0 radical (unpaired) electrons. The van der Waals surface area contributed by atoms with E-state index in [1.807, 2.05) is 11.8 Å². The van der Waals surface area contributed by atoms with E-state index in [-0.39, 0.29) is 0 Å². The number of benzene rings is 5. The Morgan fingerprint density at radius 3 is 2.00 bits per heavy atom. The van der Waals surface area contributed by atoms with Gasteiger partial charge in [-0.1, -0.05) is 60.3 Å². The van der Waals surface area contributed by atoms with Gasteiger partial charge in [0.05, 0.1) is 22.7 Å². The molecule has 0 fully saturated rings. The summed E-state index contributed by atoms with van der Waals surface area (Å²) in [6, 6.07) is 34.6. The summed E-state index contributed by atoms with van der Waals surface area (Å²) in [5.74, 6) is 1.78. The van der Waals surface area contributed by atoms with Crippen LogP contribution >= 0.6 is 11.8 Å². The summed E-state index contributed by atoms with van der Waals surface area (Å²) in [6.07, 6.45) is 0. The van der Waals surface area contributed by atoms with E-state index in [9.17, 15) is 0 Å². The molecule has 3 nitrogen and oxygen atoms in total. The molecule has 0 aliphatic carbocycles. The second-order valence-corrected chi connectivity index (χ2v) is 9.91. The molecule has 2 aliphatic rings. The first-order chi connectivity index (χ1) is 16.7. The van der Waals surface area contributed by atoms with E-state index in [4.69, 9.17) is 4.74 Å². The number of fused-ring (bicyclic) bond motifs is 5. The van der Waals surface area contributed by atoms with Crippen molar-refractivity contribution in [1.82, 2.24) is 0 Å². The first-order valence-electron chi connectivity index (χ1n) is 11.4. The SMILES string of the molecule is CN1c2ccc(-c3ccc4c(c3)Sc3ccccc3N4C)cc2Oc2cc3ccccc3cc21. The Morgan fingerprint density at radius 2 is 1.15 bits per heavy atom. The lowest BCUT2D eigenvalue weighted by molar-refractivity contribution is 0.476. The Hall–Kier alpha value is -3.89. The first-order valence-corrected chi connectivity index (χ1v) is 12.2. The van der Waals surface area contributed by atoms with E-state index in [1.54, 1.807) is 0 Å². The van der Waals surface area contributed by atoms with Crippen LogP contribution in [0, 0.1) is 0 Å². The smallest absolute Gasteiger partial charge is 0.151 e. The second kappa shape index (κ2) is 7.31. The number of rotatable bonds is 1. The van der Waals surface area contributed by atoms with Gasteiger partial charge in [0.2, 0.25) is 0 Å².